The van der Waals surface area contributed by atoms with Gasteiger partial charge in [-0.2, -0.15) is 8.78 Å². The number of hydrogen-bond acceptors (Lipinski definition) is 7. The Hall–Kier alpha value is -4.58. The van der Waals surface area contributed by atoms with Gasteiger partial charge in [0.05, 0.1) is 22.8 Å². The molecule has 0 radical (unpaired) electrons. The van der Waals surface area contributed by atoms with E-state index in [1.54, 1.807) is 24.2 Å². The van der Waals surface area contributed by atoms with E-state index >= 15 is 0 Å². The van der Waals surface area contributed by atoms with Crippen LogP contribution in [0.1, 0.15) is 0 Å². The van der Waals surface area contributed by atoms with Crippen LogP contribution in [0.2, 0.25) is 0 Å². The number of halogens is 3. The zero-order chi connectivity index (χ0) is 29.0. The number of anilines is 4. The second-order valence-electron chi connectivity index (χ2n) is 9.39. The number of benzene rings is 2. The fraction of sp³-hybridized carbons (Fsp3) is 0.250. The van der Waals surface area contributed by atoms with Crippen molar-refractivity contribution in [3.8, 4) is 17.0 Å². The van der Waals surface area contributed by atoms with Gasteiger partial charge in [0.15, 0.2) is 11.6 Å². The maximum atomic E-state index is 13.6. The van der Waals surface area contributed by atoms with Crippen LogP contribution < -0.4 is 20.3 Å². The van der Waals surface area contributed by atoms with Gasteiger partial charge < -0.3 is 29.7 Å². The zero-order valence-electron chi connectivity index (χ0n) is 22.6. The number of aryl methyl sites for hydroxylation is 1. The smallest absolute Gasteiger partial charge is 0.387 e. The van der Waals surface area contributed by atoms with E-state index in [2.05, 4.69) is 27.2 Å². The van der Waals surface area contributed by atoms with E-state index in [1.807, 2.05) is 61.1 Å². The van der Waals surface area contributed by atoms with Crippen LogP contribution in [0.15, 0.2) is 67.3 Å². The lowest BCUT2D eigenvalue weighted by molar-refractivity contribution is -0.114. The Balaban J connectivity index is 1.76. The molecule has 9 nitrogen and oxygen atoms in total. The van der Waals surface area contributed by atoms with Gasteiger partial charge in [0.25, 0.3) is 5.91 Å². The standard InChI is InChI=1S/C28H30F3N7O2/c1-17(29)26(39)33-21-14-22(25(40-27(30)31)15-24(21)37(4)13-12-36(2)3)35-28-32-11-10-20(34-28)19-16-38(5)23-9-7-6-8-18(19)23/h6-11,14-16,27H,1,12-13H2,2-5H3,(H,33,39)(H,32,34,35). The second-order valence-corrected chi connectivity index (χ2v) is 9.39. The number of fused-ring (bicyclic) bond motifs is 1. The Morgan fingerprint density at radius 2 is 1.88 bits per heavy atom. The first-order valence-corrected chi connectivity index (χ1v) is 12.3. The lowest BCUT2D eigenvalue weighted by Crippen LogP contribution is -2.29. The van der Waals surface area contributed by atoms with Gasteiger partial charge in [0.2, 0.25) is 5.95 Å². The van der Waals surface area contributed by atoms with E-state index < -0.39 is 18.3 Å². The van der Waals surface area contributed by atoms with E-state index in [9.17, 15) is 18.0 Å². The number of ether oxygens (including phenoxy) is 1. The fourth-order valence-electron chi connectivity index (χ4n) is 4.17. The van der Waals surface area contributed by atoms with Crippen LogP contribution >= 0.6 is 0 Å². The normalized spacial score (nSPS) is 11.2. The molecule has 12 heteroatoms. The minimum atomic E-state index is -3.13. The molecule has 40 heavy (non-hydrogen) atoms. The van der Waals surface area contributed by atoms with Crippen molar-refractivity contribution in [1.29, 1.82) is 0 Å². The molecule has 0 saturated heterocycles. The quantitative estimate of drug-likeness (QED) is 0.241. The van der Waals surface area contributed by atoms with Crippen molar-refractivity contribution in [2.45, 2.75) is 6.61 Å². The first kappa shape index (κ1) is 28.4. The maximum absolute atomic E-state index is 13.6. The molecule has 0 aliphatic carbocycles. The summed E-state index contributed by atoms with van der Waals surface area (Å²) < 4.78 is 47.3. The number of carbonyl (C=O) groups excluding carboxylic acids is 1. The van der Waals surface area contributed by atoms with Gasteiger partial charge in [-0.05, 0) is 32.3 Å². The van der Waals surface area contributed by atoms with Crippen LogP contribution in [0.25, 0.3) is 22.2 Å². The molecule has 0 spiro atoms. The van der Waals surface area contributed by atoms with Crippen LogP contribution in [0, 0.1) is 0 Å². The lowest BCUT2D eigenvalue weighted by atomic mass is 10.1. The summed E-state index contributed by atoms with van der Waals surface area (Å²) in [6.07, 6.45) is 3.48. The van der Waals surface area contributed by atoms with E-state index in [1.165, 1.54) is 12.1 Å². The second kappa shape index (κ2) is 12.1. The number of aromatic nitrogens is 3. The van der Waals surface area contributed by atoms with Gasteiger partial charge in [-0.25, -0.2) is 14.4 Å². The maximum Gasteiger partial charge on any atom is 0.387 e. The Bertz CT molecular complexity index is 1540. The Morgan fingerprint density at radius 3 is 2.58 bits per heavy atom. The Morgan fingerprint density at radius 1 is 1.12 bits per heavy atom. The van der Waals surface area contributed by atoms with Gasteiger partial charge in [-0.15, -0.1) is 0 Å². The first-order chi connectivity index (χ1) is 19.0. The minimum Gasteiger partial charge on any atom is -0.433 e. The topological polar surface area (TPSA) is 87.5 Å². The third-order valence-electron chi connectivity index (χ3n) is 6.18. The highest BCUT2D eigenvalue weighted by atomic mass is 19.3. The number of likely N-dealkylation sites (N-methyl/N-ethyl adjacent to an activating group) is 2. The fourth-order valence-corrected chi connectivity index (χ4v) is 4.17. The van der Waals surface area contributed by atoms with Crippen molar-refractivity contribution in [2.75, 3.05) is 49.8 Å². The molecule has 0 fully saturated rings. The SMILES string of the molecule is C=C(F)C(=O)Nc1cc(Nc2nccc(-c3cn(C)c4ccccc34)n2)c(OC(F)F)cc1N(C)CCN(C)C. The van der Waals surface area contributed by atoms with E-state index in [4.69, 9.17) is 4.74 Å². The molecular formula is C28H30F3N7O2. The van der Waals surface area contributed by atoms with Crippen LogP contribution in [0.4, 0.5) is 36.2 Å². The molecule has 2 N–H and O–H groups in total. The average Bonchev–Trinajstić information content (AvgIpc) is 3.25. The highest BCUT2D eigenvalue weighted by Crippen LogP contribution is 2.39. The van der Waals surface area contributed by atoms with Crippen molar-refractivity contribution in [3.63, 3.8) is 0 Å². The van der Waals surface area contributed by atoms with Crippen molar-refractivity contribution in [1.82, 2.24) is 19.4 Å². The van der Waals surface area contributed by atoms with Gasteiger partial charge in [0, 0.05) is 62.1 Å². The molecule has 0 aliphatic rings. The molecule has 2 aromatic heterocycles. The zero-order valence-corrected chi connectivity index (χ0v) is 22.6. The Labute approximate surface area is 229 Å². The molecular weight excluding hydrogens is 523 g/mol. The molecule has 2 aromatic carbocycles. The van der Waals surface area contributed by atoms with Gasteiger partial charge in [0.1, 0.15) is 0 Å². The molecule has 1 amide bonds. The largest absolute Gasteiger partial charge is 0.433 e. The summed E-state index contributed by atoms with van der Waals surface area (Å²) in [6.45, 7) is 1.00. The summed E-state index contributed by atoms with van der Waals surface area (Å²) in [5.74, 6) is -2.37. The van der Waals surface area contributed by atoms with Crippen molar-refractivity contribution < 1.29 is 22.7 Å². The number of nitrogens with zero attached hydrogens (tertiary/aromatic N) is 5. The monoisotopic (exact) mass is 553 g/mol. The van der Waals surface area contributed by atoms with E-state index in [-0.39, 0.29) is 23.1 Å². The molecule has 0 atom stereocenters. The van der Waals surface area contributed by atoms with Gasteiger partial charge in [-0.3, -0.25) is 4.79 Å². The number of para-hydroxylation sites is 1. The third kappa shape index (κ3) is 6.52. The van der Waals surface area contributed by atoms with Crippen molar-refractivity contribution in [2.24, 2.45) is 7.05 Å². The summed E-state index contributed by atoms with van der Waals surface area (Å²) in [6, 6.07) is 12.3. The average molecular weight is 554 g/mol. The third-order valence-corrected chi connectivity index (χ3v) is 6.18. The van der Waals surface area contributed by atoms with Crippen LogP contribution in [-0.4, -0.2) is 66.2 Å². The van der Waals surface area contributed by atoms with E-state index in [0.717, 1.165) is 16.5 Å². The molecule has 0 unspecified atom stereocenters. The van der Waals surface area contributed by atoms with Crippen LogP contribution in [0.5, 0.6) is 5.75 Å². The first-order valence-electron chi connectivity index (χ1n) is 12.3. The number of hydrogen-bond donors (Lipinski definition) is 2. The van der Waals surface area contributed by atoms with Crippen molar-refractivity contribution >= 4 is 39.8 Å². The number of carbonyl (C=O) groups is 1. The molecule has 0 aliphatic heterocycles. The van der Waals surface area contributed by atoms with E-state index in [0.29, 0.717) is 24.5 Å². The van der Waals surface area contributed by atoms with Crippen LogP contribution in [-0.2, 0) is 11.8 Å². The molecule has 210 valence electrons. The Kier molecular flexibility index (Phi) is 8.58. The predicted molar refractivity (Wildman–Crippen MR) is 151 cm³/mol. The highest BCUT2D eigenvalue weighted by molar-refractivity contribution is 6.04. The summed E-state index contributed by atoms with van der Waals surface area (Å²) in [5.41, 5.74) is 3.01. The van der Waals surface area contributed by atoms with Gasteiger partial charge >= 0.3 is 6.61 Å². The summed E-state index contributed by atoms with van der Waals surface area (Å²) >= 11 is 0. The number of alkyl halides is 2. The molecule has 0 saturated carbocycles. The predicted octanol–water partition coefficient (Wildman–Crippen LogP) is 5.40. The number of rotatable bonds is 11. The molecule has 2 heterocycles. The number of nitrogens with one attached hydrogen (secondary N) is 2. The minimum absolute atomic E-state index is 0.0416. The lowest BCUT2D eigenvalue weighted by Gasteiger charge is -2.26. The molecule has 4 rings (SSSR count). The summed E-state index contributed by atoms with van der Waals surface area (Å²) in [7, 11) is 7.41. The molecule has 0 bridgehead atoms. The van der Waals surface area contributed by atoms with Crippen molar-refractivity contribution in [3.05, 3.63) is 67.3 Å². The summed E-state index contributed by atoms with van der Waals surface area (Å²) in [4.78, 5) is 24.7. The highest BCUT2D eigenvalue weighted by Gasteiger charge is 2.20. The van der Waals surface area contributed by atoms with Crippen LogP contribution in [0.3, 0.4) is 0 Å². The number of amides is 1. The molecule has 4 aromatic rings. The van der Waals surface area contributed by atoms with Gasteiger partial charge in [-0.1, -0.05) is 24.8 Å². The summed E-state index contributed by atoms with van der Waals surface area (Å²) in [5, 5.41) is 6.35.